The maximum atomic E-state index is 13.3. The second-order valence-electron chi connectivity index (χ2n) is 2.88. The normalized spacial score (nSPS) is 12.2. The van der Waals surface area contributed by atoms with E-state index in [2.05, 4.69) is 20.7 Å². The van der Waals surface area contributed by atoms with E-state index in [-0.39, 0.29) is 10.2 Å². The van der Waals surface area contributed by atoms with Gasteiger partial charge in [0.15, 0.2) is 17.6 Å². The van der Waals surface area contributed by atoms with E-state index in [0.29, 0.717) is 0 Å². The summed E-state index contributed by atoms with van der Waals surface area (Å²) in [6.07, 6.45) is -2.04. The van der Waals surface area contributed by atoms with Crippen LogP contribution in [0.15, 0.2) is 10.5 Å². The van der Waals surface area contributed by atoms with Gasteiger partial charge in [0, 0.05) is 6.07 Å². The maximum absolute atomic E-state index is 13.3. The molecule has 1 atom stereocenters. The first-order chi connectivity index (χ1) is 7.40. The lowest BCUT2D eigenvalue weighted by Crippen LogP contribution is -2.12. The van der Waals surface area contributed by atoms with Crippen molar-refractivity contribution in [3.05, 3.63) is 21.9 Å². The number of carboxylic acids is 1. The molecule has 0 saturated carbocycles. The highest BCUT2D eigenvalue weighted by molar-refractivity contribution is 9.10. The van der Waals surface area contributed by atoms with Gasteiger partial charge in [-0.25, -0.2) is 9.18 Å². The summed E-state index contributed by atoms with van der Waals surface area (Å²) in [5.41, 5.74) is -0.482. The van der Waals surface area contributed by atoms with Crippen molar-refractivity contribution in [1.29, 1.82) is 0 Å². The van der Waals surface area contributed by atoms with Crippen LogP contribution in [0.1, 0.15) is 11.7 Å². The fourth-order valence-electron chi connectivity index (χ4n) is 1.14. The Hall–Kier alpha value is -1.34. The van der Waals surface area contributed by atoms with E-state index < -0.39 is 29.2 Å². The van der Waals surface area contributed by atoms with Crippen LogP contribution in [0.5, 0.6) is 11.5 Å². The third kappa shape index (κ3) is 2.10. The Morgan fingerprint density at radius 3 is 2.62 bits per heavy atom. The van der Waals surface area contributed by atoms with Crippen LogP contribution in [0.3, 0.4) is 0 Å². The number of rotatable bonds is 3. The number of hydrogen-bond acceptors (Lipinski definition) is 4. The summed E-state index contributed by atoms with van der Waals surface area (Å²) in [5, 5.41) is 27.5. The van der Waals surface area contributed by atoms with Crippen LogP contribution in [0, 0.1) is 5.82 Å². The number of benzene rings is 1. The minimum absolute atomic E-state index is 0.254. The van der Waals surface area contributed by atoms with E-state index in [9.17, 15) is 19.4 Å². The van der Waals surface area contributed by atoms with Crippen molar-refractivity contribution in [1.82, 2.24) is 0 Å². The van der Waals surface area contributed by atoms with Crippen LogP contribution in [0.2, 0.25) is 0 Å². The van der Waals surface area contributed by atoms with Gasteiger partial charge in [0.1, 0.15) is 5.82 Å². The summed E-state index contributed by atoms with van der Waals surface area (Å²) in [6, 6.07) is 0.873. The van der Waals surface area contributed by atoms with E-state index in [0.717, 1.165) is 6.07 Å². The average molecular weight is 295 g/mol. The van der Waals surface area contributed by atoms with Crippen LogP contribution >= 0.6 is 15.9 Å². The monoisotopic (exact) mass is 294 g/mol. The summed E-state index contributed by atoms with van der Waals surface area (Å²) in [4.78, 5) is 10.6. The molecule has 0 fully saturated rings. The van der Waals surface area contributed by atoms with Gasteiger partial charge >= 0.3 is 5.97 Å². The summed E-state index contributed by atoms with van der Waals surface area (Å²) in [5.74, 6) is -3.32. The highest BCUT2D eigenvalue weighted by atomic mass is 79.9. The van der Waals surface area contributed by atoms with Gasteiger partial charge < -0.3 is 20.1 Å². The second kappa shape index (κ2) is 4.67. The molecule has 3 N–H and O–H groups in total. The molecule has 0 amide bonds. The zero-order chi connectivity index (χ0) is 12.5. The minimum atomic E-state index is -2.04. The second-order valence-corrected chi connectivity index (χ2v) is 3.67. The first kappa shape index (κ1) is 12.7. The van der Waals surface area contributed by atoms with Gasteiger partial charge in [-0.15, -0.1) is 0 Å². The molecule has 0 radical (unpaired) electrons. The molecule has 0 saturated heterocycles. The van der Waals surface area contributed by atoms with Crippen molar-refractivity contribution in [2.24, 2.45) is 0 Å². The Bertz CT molecular complexity index is 434. The van der Waals surface area contributed by atoms with Crippen molar-refractivity contribution in [3.63, 3.8) is 0 Å². The van der Waals surface area contributed by atoms with E-state index in [1.807, 2.05) is 0 Å². The molecule has 5 nitrogen and oxygen atoms in total. The van der Waals surface area contributed by atoms with Gasteiger partial charge in [0.25, 0.3) is 0 Å². The smallest absolute Gasteiger partial charge is 0.337 e. The number of phenols is 1. The fourth-order valence-corrected chi connectivity index (χ4v) is 1.66. The van der Waals surface area contributed by atoms with E-state index in [1.54, 1.807) is 0 Å². The maximum Gasteiger partial charge on any atom is 0.337 e. The Balaban J connectivity index is 3.47. The predicted molar refractivity (Wildman–Crippen MR) is 54.9 cm³/mol. The van der Waals surface area contributed by atoms with Crippen LogP contribution in [-0.2, 0) is 4.79 Å². The van der Waals surface area contributed by atoms with Crippen LogP contribution in [0.4, 0.5) is 4.39 Å². The zero-order valence-corrected chi connectivity index (χ0v) is 9.65. The zero-order valence-electron chi connectivity index (χ0n) is 8.07. The van der Waals surface area contributed by atoms with E-state index in [4.69, 9.17) is 5.11 Å². The molecule has 7 heteroatoms. The molecule has 0 aliphatic rings. The fraction of sp³-hybridized carbons (Fsp3) is 0.222. The number of aliphatic carboxylic acids is 1. The number of carboxylic acid groups (broad SMARTS) is 1. The Morgan fingerprint density at radius 2 is 2.19 bits per heavy atom. The van der Waals surface area contributed by atoms with Crippen molar-refractivity contribution in [2.45, 2.75) is 6.10 Å². The predicted octanol–water partition coefficient (Wildman–Crippen LogP) is 1.42. The molecule has 0 bridgehead atoms. The highest BCUT2D eigenvalue weighted by Gasteiger charge is 2.27. The molecular formula is C9H8BrFO5. The van der Waals surface area contributed by atoms with Gasteiger partial charge in [-0.05, 0) is 15.9 Å². The average Bonchev–Trinajstić information content (AvgIpc) is 2.23. The van der Waals surface area contributed by atoms with Crippen molar-refractivity contribution in [2.75, 3.05) is 7.11 Å². The number of methoxy groups -OCH3 is 1. The largest absolute Gasteiger partial charge is 0.504 e. The van der Waals surface area contributed by atoms with Gasteiger partial charge in [-0.2, -0.15) is 0 Å². The standard InChI is InChI=1S/C9H8BrFO5/c1-16-4-2-3(11)6(10)5(7(4)12)8(13)9(14)15/h2,8,12-13H,1H3,(H,14,15). The topological polar surface area (TPSA) is 87.0 Å². The van der Waals surface area contributed by atoms with E-state index >= 15 is 0 Å². The minimum Gasteiger partial charge on any atom is -0.504 e. The molecule has 0 aromatic heterocycles. The summed E-state index contributed by atoms with van der Waals surface area (Å²) in [6.45, 7) is 0. The lowest BCUT2D eigenvalue weighted by molar-refractivity contribution is -0.147. The molecule has 1 aromatic carbocycles. The van der Waals surface area contributed by atoms with Crippen molar-refractivity contribution >= 4 is 21.9 Å². The summed E-state index contributed by atoms with van der Waals surface area (Å²) < 4.78 is 17.6. The lowest BCUT2D eigenvalue weighted by Gasteiger charge is -2.14. The van der Waals surface area contributed by atoms with Crippen LogP contribution < -0.4 is 4.74 Å². The van der Waals surface area contributed by atoms with Crippen molar-refractivity contribution in [3.8, 4) is 11.5 Å². The third-order valence-corrected chi connectivity index (χ3v) is 2.73. The number of halogens is 2. The third-order valence-electron chi connectivity index (χ3n) is 1.92. The number of aliphatic hydroxyl groups is 1. The van der Waals surface area contributed by atoms with Gasteiger partial charge in [0.05, 0.1) is 17.1 Å². The molecule has 0 aliphatic carbocycles. The molecule has 88 valence electrons. The number of hydrogen-bond donors (Lipinski definition) is 3. The Kier molecular flexibility index (Phi) is 3.71. The molecule has 1 rings (SSSR count). The number of phenolic OH excluding ortho intramolecular Hbond substituents is 1. The summed E-state index contributed by atoms with van der Waals surface area (Å²) >= 11 is 2.75. The summed E-state index contributed by atoms with van der Waals surface area (Å²) in [7, 11) is 1.18. The molecule has 0 heterocycles. The van der Waals surface area contributed by atoms with Gasteiger partial charge in [-0.3, -0.25) is 0 Å². The molecule has 16 heavy (non-hydrogen) atoms. The number of aliphatic hydroxyl groups excluding tert-OH is 1. The highest BCUT2D eigenvalue weighted by Crippen LogP contribution is 2.40. The number of carbonyl (C=O) groups is 1. The first-order valence-corrected chi connectivity index (χ1v) is 4.85. The molecule has 0 aliphatic heterocycles. The molecule has 1 unspecified atom stereocenters. The Labute approximate surface area is 98.2 Å². The van der Waals surface area contributed by atoms with Crippen LogP contribution in [0.25, 0.3) is 0 Å². The quantitative estimate of drug-likeness (QED) is 0.785. The lowest BCUT2D eigenvalue weighted by atomic mass is 10.1. The molecule has 0 spiro atoms. The van der Waals surface area contributed by atoms with Crippen LogP contribution in [-0.4, -0.2) is 28.4 Å². The van der Waals surface area contributed by atoms with Crippen molar-refractivity contribution < 1.29 is 29.2 Å². The van der Waals surface area contributed by atoms with Gasteiger partial charge in [-0.1, -0.05) is 0 Å². The molecular weight excluding hydrogens is 287 g/mol. The number of aromatic hydroxyl groups is 1. The SMILES string of the molecule is COc1cc(F)c(Br)c(C(O)C(=O)O)c1O. The Morgan fingerprint density at radius 1 is 1.62 bits per heavy atom. The molecule has 1 aromatic rings. The number of ether oxygens (including phenoxy) is 1. The first-order valence-electron chi connectivity index (χ1n) is 4.05. The van der Waals surface area contributed by atoms with Gasteiger partial charge in [0.2, 0.25) is 0 Å². The van der Waals surface area contributed by atoms with E-state index in [1.165, 1.54) is 7.11 Å².